The molecule has 2 aromatic rings. The van der Waals surface area contributed by atoms with Crippen LogP contribution in [0, 0.1) is 0 Å². The van der Waals surface area contributed by atoms with Gasteiger partial charge in [0.1, 0.15) is 0 Å². The van der Waals surface area contributed by atoms with Crippen LogP contribution in [0.5, 0.6) is 0 Å². The van der Waals surface area contributed by atoms with Gasteiger partial charge in [0, 0.05) is 0 Å². The third-order valence-corrected chi connectivity index (χ3v) is 3.20. The quantitative estimate of drug-likeness (QED) is 0.788. The number of aromatic nitrogens is 1. The second kappa shape index (κ2) is 3.82. The molecule has 0 aliphatic rings. The predicted octanol–water partition coefficient (Wildman–Crippen LogP) is 2.59. The SMILES string of the molecule is CC(=O)c1ccc(-c2ccc(N)cn2)s1. The molecule has 2 heterocycles. The van der Waals surface area contributed by atoms with Crippen molar-refractivity contribution in [3.05, 3.63) is 35.3 Å². The lowest BCUT2D eigenvalue weighted by atomic mass is 10.3. The summed E-state index contributed by atoms with van der Waals surface area (Å²) in [6.07, 6.45) is 1.61. The van der Waals surface area contributed by atoms with Crippen LogP contribution >= 0.6 is 11.3 Å². The first kappa shape index (κ1) is 9.86. The van der Waals surface area contributed by atoms with Crippen LogP contribution in [0.15, 0.2) is 30.5 Å². The Morgan fingerprint density at radius 3 is 2.67 bits per heavy atom. The zero-order chi connectivity index (χ0) is 10.8. The molecule has 0 amide bonds. The van der Waals surface area contributed by atoms with Crippen LogP contribution in [0.2, 0.25) is 0 Å². The molecule has 3 nitrogen and oxygen atoms in total. The van der Waals surface area contributed by atoms with Gasteiger partial charge in [-0.05, 0) is 31.2 Å². The summed E-state index contributed by atoms with van der Waals surface area (Å²) in [5.74, 6) is 0.0849. The third-order valence-electron chi connectivity index (χ3n) is 1.99. The van der Waals surface area contributed by atoms with E-state index < -0.39 is 0 Å². The first-order valence-corrected chi connectivity index (χ1v) is 5.31. The summed E-state index contributed by atoms with van der Waals surface area (Å²) in [6.45, 7) is 1.56. The molecule has 0 atom stereocenters. The van der Waals surface area contributed by atoms with Crippen LogP contribution in [0.1, 0.15) is 16.6 Å². The summed E-state index contributed by atoms with van der Waals surface area (Å²) in [5, 5.41) is 0. The Hall–Kier alpha value is -1.68. The van der Waals surface area contributed by atoms with Gasteiger partial charge in [0.15, 0.2) is 5.78 Å². The van der Waals surface area contributed by atoms with E-state index in [2.05, 4.69) is 4.98 Å². The Kier molecular flexibility index (Phi) is 2.51. The van der Waals surface area contributed by atoms with E-state index in [4.69, 9.17) is 5.73 Å². The van der Waals surface area contributed by atoms with Crippen LogP contribution in [-0.4, -0.2) is 10.8 Å². The Labute approximate surface area is 91.6 Å². The molecule has 0 aliphatic carbocycles. The summed E-state index contributed by atoms with van der Waals surface area (Å²) in [5.41, 5.74) is 7.03. The Morgan fingerprint density at radius 2 is 2.13 bits per heavy atom. The molecule has 0 aliphatic heterocycles. The standard InChI is InChI=1S/C11H10N2OS/c1-7(14)10-4-5-11(15-10)9-3-2-8(12)6-13-9/h2-6H,12H2,1H3. The van der Waals surface area contributed by atoms with Crippen molar-refractivity contribution in [1.82, 2.24) is 4.98 Å². The highest BCUT2D eigenvalue weighted by molar-refractivity contribution is 7.17. The molecule has 4 heteroatoms. The molecule has 0 saturated carbocycles. The van der Waals surface area contributed by atoms with E-state index in [-0.39, 0.29) is 5.78 Å². The lowest BCUT2D eigenvalue weighted by molar-refractivity contribution is 0.102. The lowest BCUT2D eigenvalue weighted by Crippen LogP contribution is -1.86. The topological polar surface area (TPSA) is 56.0 Å². The first-order chi connectivity index (χ1) is 7.16. The van der Waals surface area contributed by atoms with Crippen molar-refractivity contribution < 1.29 is 4.79 Å². The molecule has 0 aromatic carbocycles. The molecular formula is C11H10N2OS. The van der Waals surface area contributed by atoms with Gasteiger partial charge < -0.3 is 5.73 Å². The predicted molar refractivity (Wildman–Crippen MR) is 62.0 cm³/mol. The number of rotatable bonds is 2. The summed E-state index contributed by atoms with van der Waals surface area (Å²) >= 11 is 1.45. The highest BCUT2D eigenvalue weighted by atomic mass is 32.1. The Bertz CT molecular complexity index is 488. The van der Waals surface area contributed by atoms with Gasteiger partial charge in [-0.3, -0.25) is 9.78 Å². The number of hydrogen-bond acceptors (Lipinski definition) is 4. The molecule has 0 bridgehead atoms. The molecule has 0 fully saturated rings. The zero-order valence-corrected chi connectivity index (χ0v) is 9.04. The van der Waals surface area contributed by atoms with Gasteiger partial charge in [-0.2, -0.15) is 0 Å². The maximum atomic E-state index is 11.1. The van der Waals surface area contributed by atoms with Gasteiger partial charge >= 0.3 is 0 Å². The second-order valence-corrected chi connectivity index (χ2v) is 4.28. The number of nitrogens with two attached hydrogens (primary N) is 1. The minimum Gasteiger partial charge on any atom is -0.397 e. The van der Waals surface area contributed by atoms with Crippen LogP contribution in [0.3, 0.4) is 0 Å². The maximum Gasteiger partial charge on any atom is 0.169 e. The summed E-state index contributed by atoms with van der Waals surface area (Å²) < 4.78 is 0. The number of nitrogens with zero attached hydrogens (tertiary/aromatic N) is 1. The van der Waals surface area contributed by atoms with Gasteiger partial charge in [-0.15, -0.1) is 11.3 Å². The molecule has 0 saturated heterocycles. The van der Waals surface area contributed by atoms with E-state index in [1.54, 1.807) is 19.2 Å². The van der Waals surface area contributed by atoms with Crippen molar-refractivity contribution in [2.75, 3.05) is 5.73 Å². The van der Waals surface area contributed by atoms with Gasteiger partial charge in [-0.1, -0.05) is 0 Å². The van der Waals surface area contributed by atoms with E-state index in [9.17, 15) is 4.79 Å². The summed E-state index contributed by atoms with van der Waals surface area (Å²) in [4.78, 5) is 17.0. The number of carbonyl (C=O) groups is 1. The smallest absolute Gasteiger partial charge is 0.169 e. The van der Waals surface area contributed by atoms with Gasteiger partial charge in [-0.25, -0.2) is 0 Å². The van der Waals surface area contributed by atoms with E-state index >= 15 is 0 Å². The molecular weight excluding hydrogens is 208 g/mol. The summed E-state index contributed by atoms with van der Waals surface area (Å²) in [7, 11) is 0. The van der Waals surface area contributed by atoms with Gasteiger partial charge in [0.05, 0.1) is 27.3 Å². The third kappa shape index (κ3) is 2.05. The number of carbonyl (C=O) groups excluding carboxylic acids is 1. The Morgan fingerprint density at radius 1 is 1.33 bits per heavy atom. The number of hydrogen-bond donors (Lipinski definition) is 1. The van der Waals surface area contributed by atoms with E-state index in [0.717, 1.165) is 15.4 Å². The van der Waals surface area contributed by atoms with Crippen molar-refractivity contribution in [2.24, 2.45) is 0 Å². The average Bonchev–Trinajstić information content (AvgIpc) is 2.68. The second-order valence-electron chi connectivity index (χ2n) is 3.20. The molecule has 15 heavy (non-hydrogen) atoms. The molecule has 0 spiro atoms. The van der Waals surface area contributed by atoms with Crippen molar-refractivity contribution in [3.63, 3.8) is 0 Å². The molecule has 2 rings (SSSR count). The zero-order valence-electron chi connectivity index (χ0n) is 8.23. The largest absolute Gasteiger partial charge is 0.397 e. The van der Waals surface area contributed by atoms with Crippen molar-refractivity contribution in [1.29, 1.82) is 0 Å². The molecule has 2 aromatic heterocycles. The van der Waals surface area contributed by atoms with Crippen LogP contribution in [-0.2, 0) is 0 Å². The highest BCUT2D eigenvalue weighted by Crippen LogP contribution is 2.26. The average molecular weight is 218 g/mol. The van der Waals surface area contributed by atoms with Crippen molar-refractivity contribution in [2.45, 2.75) is 6.92 Å². The minimum absolute atomic E-state index is 0.0849. The maximum absolute atomic E-state index is 11.1. The molecule has 0 radical (unpaired) electrons. The van der Waals surface area contributed by atoms with Crippen LogP contribution in [0.25, 0.3) is 10.6 Å². The van der Waals surface area contributed by atoms with Crippen LogP contribution in [0.4, 0.5) is 5.69 Å². The number of anilines is 1. The fraction of sp³-hybridized carbons (Fsp3) is 0.0909. The van der Waals surface area contributed by atoms with E-state index in [1.807, 2.05) is 18.2 Å². The van der Waals surface area contributed by atoms with Crippen molar-refractivity contribution in [3.8, 4) is 10.6 Å². The normalized spacial score (nSPS) is 10.2. The highest BCUT2D eigenvalue weighted by Gasteiger charge is 2.06. The monoisotopic (exact) mass is 218 g/mol. The summed E-state index contributed by atoms with van der Waals surface area (Å²) in [6, 6.07) is 7.38. The van der Waals surface area contributed by atoms with Gasteiger partial charge in [0.2, 0.25) is 0 Å². The molecule has 76 valence electrons. The fourth-order valence-corrected chi connectivity index (χ4v) is 2.09. The van der Waals surface area contributed by atoms with E-state index in [0.29, 0.717) is 5.69 Å². The van der Waals surface area contributed by atoms with Crippen molar-refractivity contribution >= 4 is 22.8 Å². The first-order valence-electron chi connectivity index (χ1n) is 4.49. The van der Waals surface area contributed by atoms with Crippen LogP contribution < -0.4 is 5.73 Å². The number of nitrogen functional groups attached to an aromatic ring is 1. The van der Waals surface area contributed by atoms with Gasteiger partial charge in [0.25, 0.3) is 0 Å². The molecule has 0 unspecified atom stereocenters. The lowest BCUT2D eigenvalue weighted by Gasteiger charge is -1.96. The number of ketones is 1. The minimum atomic E-state index is 0.0849. The Balaban J connectivity index is 2.37. The number of Topliss-reactive ketones (excluding diaryl/α,β-unsaturated/α-hetero) is 1. The van der Waals surface area contributed by atoms with E-state index in [1.165, 1.54) is 11.3 Å². The number of thiophene rings is 1. The molecule has 2 N–H and O–H groups in total. The number of pyridine rings is 1. The fourth-order valence-electron chi connectivity index (χ4n) is 1.22.